The highest BCUT2D eigenvalue weighted by Crippen LogP contribution is 2.49. The van der Waals surface area contributed by atoms with E-state index < -0.39 is 11.6 Å². The summed E-state index contributed by atoms with van der Waals surface area (Å²) in [5, 5.41) is 4.02. The van der Waals surface area contributed by atoms with Crippen LogP contribution in [0.3, 0.4) is 0 Å². The van der Waals surface area contributed by atoms with Crippen molar-refractivity contribution in [1.29, 1.82) is 0 Å². The van der Waals surface area contributed by atoms with Crippen LogP contribution in [0, 0.1) is 5.92 Å². The minimum absolute atomic E-state index is 0.103. The summed E-state index contributed by atoms with van der Waals surface area (Å²) in [5.41, 5.74) is 4.77. The second kappa shape index (κ2) is 8.34. The molecule has 0 heterocycles. The number of amidine groups is 1. The largest absolute Gasteiger partial charge is 0.384 e. The number of nitrogens with two attached hydrogens (primary N) is 1. The smallest absolute Gasteiger partial charge is 0.349 e. The Hall–Kier alpha value is -1.33. The number of benzene rings is 1. The Balaban J connectivity index is 0.00000116. The highest BCUT2D eigenvalue weighted by atomic mass is 35.5. The molecule has 1 aliphatic rings. The SMILES string of the molecule is CC.N/C(=N\OC(=O)CCl)C1CC(F)(c2ccc(Cl)cc2)C1. The molecule has 1 aromatic rings. The lowest BCUT2D eigenvalue weighted by Crippen LogP contribution is -2.44. The maximum absolute atomic E-state index is 14.6. The molecule has 2 rings (SSSR count). The summed E-state index contributed by atoms with van der Waals surface area (Å²) in [6, 6.07) is 6.59. The van der Waals surface area contributed by atoms with Gasteiger partial charge in [0.15, 0.2) is 0 Å². The molecular weight excluding hydrogens is 330 g/mol. The van der Waals surface area contributed by atoms with Gasteiger partial charge in [-0.05, 0) is 30.5 Å². The lowest BCUT2D eigenvalue weighted by molar-refractivity contribution is -0.140. The molecule has 22 heavy (non-hydrogen) atoms. The second-order valence-electron chi connectivity index (χ2n) is 4.69. The maximum Gasteiger partial charge on any atom is 0.349 e. The average molecular weight is 349 g/mol. The van der Waals surface area contributed by atoms with Gasteiger partial charge in [0.1, 0.15) is 17.4 Å². The number of carbonyl (C=O) groups excluding carboxylic acids is 1. The van der Waals surface area contributed by atoms with E-state index in [2.05, 4.69) is 9.99 Å². The molecule has 0 unspecified atom stereocenters. The highest BCUT2D eigenvalue weighted by molar-refractivity contribution is 6.30. The number of alkyl halides is 2. The van der Waals surface area contributed by atoms with Crippen molar-refractivity contribution in [2.75, 3.05) is 5.88 Å². The number of halogens is 3. The molecule has 7 heteroatoms. The predicted octanol–water partition coefficient (Wildman–Crippen LogP) is 4.00. The van der Waals surface area contributed by atoms with E-state index in [1.807, 2.05) is 13.8 Å². The van der Waals surface area contributed by atoms with Crippen molar-refractivity contribution in [3.63, 3.8) is 0 Å². The summed E-state index contributed by atoms with van der Waals surface area (Å²) in [4.78, 5) is 15.3. The first-order valence-electron chi connectivity index (χ1n) is 6.99. The first kappa shape index (κ1) is 18.7. The van der Waals surface area contributed by atoms with Crippen LogP contribution < -0.4 is 5.73 Å². The van der Waals surface area contributed by atoms with E-state index in [-0.39, 0.29) is 30.5 Å². The Bertz CT molecular complexity index is 529. The van der Waals surface area contributed by atoms with Gasteiger partial charge in [-0.25, -0.2) is 9.18 Å². The van der Waals surface area contributed by atoms with Crippen molar-refractivity contribution in [3.8, 4) is 0 Å². The molecule has 0 atom stereocenters. The number of oxime groups is 1. The fourth-order valence-corrected chi connectivity index (χ4v) is 2.29. The topological polar surface area (TPSA) is 64.7 Å². The van der Waals surface area contributed by atoms with Crippen LogP contribution in [0.5, 0.6) is 0 Å². The van der Waals surface area contributed by atoms with Gasteiger partial charge < -0.3 is 10.6 Å². The van der Waals surface area contributed by atoms with Crippen LogP contribution in [-0.4, -0.2) is 17.7 Å². The van der Waals surface area contributed by atoms with Crippen LogP contribution in [-0.2, 0) is 15.3 Å². The quantitative estimate of drug-likeness (QED) is 0.294. The number of carbonyl (C=O) groups is 1. The minimum Gasteiger partial charge on any atom is -0.384 e. The third-order valence-corrected chi connectivity index (χ3v) is 3.75. The summed E-state index contributed by atoms with van der Waals surface area (Å²) in [6.45, 7) is 4.00. The molecule has 0 bridgehead atoms. The van der Waals surface area contributed by atoms with Gasteiger partial charge in [-0.3, -0.25) is 0 Å². The first-order valence-corrected chi connectivity index (χ1v) is 7.90. The van der Waals surface area contributed by atoms with Gasteiger partial charge in [0.25, 0.3) is 0 Å². The molecule has 122 valence electrons. The summed E-state index contributed by atoms with van der Waals surface area (Å²) in [7, 11) is 0. The van der Waals surface area contributed by atoms with Gasteiger partial charge in [0.05, 0.1) is 0 Å². The fraction of sp³-hybridized carbons (Fsp3) is 0.467. The van der Waals surface area contributed by atoms with Gasteiger partial charge in [-0.1, -0.05) is 42.7 Å². The van der Waals surface area contributed by atoms with Crippen molar-refractivity contribution in [2.45, 2.75) is 32.4 Å². The molecule has 4 nitrogen and oxygen atoms in total. The molecule has 1 aliphatic carbocycles. The first-order chi connectivity index (χ1) is 10.4. The van der Waals surface area contributed by atoms with E-state index in [0.29, 0.717) is 10.6 Å². The number of nitrogens with zero attached hydrogens (tertiary/aromatic N) is 1. The van der Waals surface area contributed by atoms with Gasteiger partial charge >= 0.3 is 5.97 Å². The van der Waals surface area contributed by atoms with Crippen LogP contribution in [0.1, 0.15) is 32.3 Å². The van der Waals surface area contributed by atoms with Crippen molar-refractivity contribution < 1.29 is 14.0 Å². The van der Waals surface area contributed by atoms with E-state index in [0.717, 1.165) is 0 Å². The second-order valence-corrected chi connectivity index (χ2v) is 5.39. The van der Waals surface area contributed by atoms with E-state index in [9.17, 15) is 9.18 Å². The van der Waals surface area contributed by atoms with Crippen LogP contribution in [0.15, 0.2) is 29.4 Å². The molecule has 0 saturated heterocycles. The minimum atomic E-state index is -1.44. The zero-order valence-electron chi connectivity index (χ0n) is 12.5. The van der Waals surface area contributed by atoms with Gasteiger partial charge in [0.2, 0.25) is 0 Å². The van der Waals surface area contributed by atoms with E-state index in [4.69, 9.17) is 28.9 Å². The van der Waals surface area contributed by atoms with Crippen LogP contribution in [0.25, 0.3) is 0 Å². The number of rotatable bonds is 4. The van der Waals surface area contributed by atoms with E-state index in [1.54, 1.807) is 24.3 Å². The summed E-state index contributed by atoms with van der Waals surface area (Å²) >= 11 is 11.0. The summed E-state index contributed by atoms with van der Waals surface area (Å²) < 4.78 is 14.6. The standard InChI is InChI=1S/C13H13Cl2FN2O2.C2H6/c14-7-11(19)20-18-12(17)8-5-13(16,6-8)9-1-3-10(15)4-2-9;1-2/h1-4,8H,5-7H2,(H2,17,18);1-2H3. The van der Waals surface area contributed by atoms with Crippen molar-refractivity contribution >= 4 is 35.0 Å². The van der Waals surface area contributed by atoms with E-state index >= 15 is 0 Å². The molecule has 1 aromatic carbocycles. The molecular formula is C15H19Cl2FN2O2. The number of hydrogen-bond donors (Lipinski definition) is 1. The van der Waals surface area contributed by atoms with E-state index in [1.165, 1.54) is 0 Å². The van der Waals surface area contributed by atoms with Crippen molar-refractivity contribution in [2.24, 2.45) is 16.8 Å². The fourth-order valence-electron chi connectivity index (χ4n) is 2.12. The Morgan fingerprint density at radius 1 is 1.41 bits per heavy atom. The third-order valence-electron chi connectivity index (χ3n) is 3.28. The Morgan fingerprint density at radius 2 is 1.95 bits per heavy atom. The normalized spacial score (nSPS) is 23.9. The monoisotopic (exact) mass is 348 g/mol. The predicted molar refractivity (Wildman–Crippen MR) is 86.7 cm³/mol. The van der Waals surface area contributed by atoms with Crippen LogP contribution in [0.4, 0.5) is 4.39 Å². The van der Waals surface area contributed by atoms with Crippen LogP contribution in [0.2, 0.25) is 5.02 Å². The third kappa shape index (κ3) is 4.58. The summed E-state index contributed by atoms with van der Waals surface area (Å²) in [6.07, 6.45) is 0.394. The van der Waals surface area contributed by atoms with Crippen LogP contribution >= 0.6 is 23.2 Å². The lowest BCUT2D eigenvalue weighted by Gasteiger charge is -2.41. The molecule has 1 saturated carbocycles. The molecule has 0 aromatic heterocycles. The van der Waals surface area contributed by atoms with Crippen molar-refractivity contribution in [3.05, 3.63) is 34.9 Å². The maximum atomic E-state index is 14.6. The van der Waals surface area contributed by atoms with Gasteiger partial charge in [-0.15, -0.1) is 11.6 Å². The Labute approximate surface area is 139 Å². The lowest BCUT2D eigenvalue weighted by atomic mass is 9.68. The zero-order chi connectivity index (χ0) is 16.8. The highest BCUT2D eigenvalue weighted by Gasteiger charge is 2.48. The summed E-state index contributed by atoms with van der Waals surface area (Å²) in [5.74, 6) is -1.15. The zero-order valence-corrected chi connectivity index (χ0v) is 14.0. The Kier molecular flexibility index (Phi) is 7.10. The average Bonchev–Trinajstić information content (AvgIpc) is 2.51. The molecule has 0 aliphatic heterocycles. The molecule has 2 N–H and O–H groups in total. The van der Waals surface area contributed by atoms with Gasteiger partial charge in [-0.2, -0.15) is 0 Å². The number of hydrogen-bond acceptors (Lipinski definition) is 3. The molecule has 0 radical (unpaired) electrons. The van der Waals surface area contributed by atoms with Gasteiger partial charge in [0, 0.05) is 10.9 Å². The van der Waals surface area contributed by atoms with Crippen molar-refractivity contribution in [1.82, 2.24) is 0 Å². The molecule has 0 spiro atoms. The molecule has 0 amide bonds. The Morgan fingerprint density at radius 3 is 2.45 bits per heavy atom. The molecule has 1 fully saturated rings.